The third-order valence-electron chi connectivity index (χ3n) is 2.05. The number of hydrogen-bond acceptors (Lipinski definition) is 6. The van der Waals surface area contributed by atoms with E-state index in [0.717, 1.165) is 21.6 Å². The number of nitrogens with one attached hydrogen (secondary N) is 1. The van der Waals surface area contributed by atoms with E-state index in [9.17, 15) is 19.5 Å². The molecule has 0 bridgehead atoms. The van der Waals surface area contributed by atoms with Crippen LogP contribution in [0.25, 0.3) is 0 Å². The quantitative estimate of drug-likeness (QED) is 0.448. The number of carbonyl (C=O) groups excluding carboxylic acids is 1. The van der Waals surface area contributed by atoms with Gasteiger partial charge in [-0.05, 0) is 12.1 Å². The van der Waals surface area contributed by atoms with Gasteiger partial charge in [-0.1, -0.05) is 33.7 Å². The van der Waals surface area contributed by atoms with Gasteiger partial charge in [0.1, 0.15) is 11.8 Å². The molecule has 4 N–H and O–H groups in total. The van der Waals surface area contributed by atoms with Gasteiger partial charge < -0.3 is 20.6 Å². The number of hydrogen-bond donors (Lipinski definition) is 4. The minimum absolute atomic E-state index is 0.0483. The van der Waals surface area contributed by atoms with Gasteiger partial charge in [0.05, 0.1) is 4.90 Å². The van der Waals surface area contributed by atoms with Crippen LogP contribution in [0.4, 0.5) is 0 Å². The molecule has 1 rings (SSSR count). The monoisotopic (exact) mass is 317 g/mol. The number of amides is 1. The molecule has 9 heteroatoms. The second kappa shape index (κ2) is 7.65. The first-order valence-corrected chi connectivity index (χ1v) is 7.57. The predicted octanol–water partition coefficient (Wildman–Crippen LogP) is 0.787. The summed E-state index contributed by atoms with van der Waals surface area (Å²) in [6, 6.07) is 5.19. The molecule has 7 nitrogen and oxygen atoms in total. The number of phenols is 1. The number of para-hydroxylation sites is 1. The van der Waals surface area contributed by atoms with Crippen LogP contribution >= 0.6 is 21.6 Å². The van der Waals surface area contributed by atoms with E-state index < -0.39 is 23.9 Å². The zero-order valence-corrected chi connectivity index (χ0v) is 11.6. The van der Waals surface area contributed by atoms with Crippen LogP contribution in [0, 0.1) is 0 Å². The number of carboxylic acid groups (broad SMARTS) is 2. The fraction of sp³-hybridized carbons (Fsp3) is 0.182. The molecule has 0 fully saturated rings. The van der Waals surface area contributed by atoms with Crippen LogP contribution in [0.15, 0.2) is 29.2 Å². The summed E-state index contributed by atoms with van der Waals surface area (Å²) in [6.07, 6.45) is 0. The lowest BCUT2D eigenvalue weighted by molar-refractivity contribution is -0.151. The van der Waals surface area contributed by atoms with E-state index in [4.69, 9.17) is 10.2 Å². The highest BCUT2D eigenvalue weighted by Gasteiger charge is 2.23. The highest BCUT2D eigenvalue weighted by atomic mass is 33.1. The molecule has 0 spiro atoms. The van der Waals surface area contributed by atoms with Crippen molar-refractivity contribution in [3.05, 3.63) is 24.3 Å². The van der Waals surface area contributed by atoms with Gasteiger partial charge in [-0.2, -0.15) is 0 Å². The Morgan fingerprint density at radius 3 is 2.40 bits per heavy atom. The number of carbonyl (C=O) groups is 3. The van der Waals surface area contributed by atoms with Gasteiger partial charge >= 0.3 is 17.8 Å². The maximum Gasteiger partial charge on any atom is 0.394 e. The molecular formula is C11H11NO6S2. The largest absolute Gasteiger partial charge is 0.507 e. The summed E-state index contributed by atoms with van der Waals surface area (Å²) in [7, 11) is 2.21. The summed E-state index contributed by atoms with van der Waals surface area (Å²) >= 11 is 0. The van der Waals surface area contributed by atoms with Crippen LogP contribution in [-0.4, -0.2) is 45.0 Å². The van der Waals surface area contributed by atoms with E-state index in [-0.39, 0.29) is 11.5 Å². The van der Waals surface area contributed by atoms with E-state index in [1.54, 1.807) is 18.2 Å². The van der Waals surface area contributed by atoms with Crippen molar-refractivity contribution >= 4 is 39.4 Å². The van der Waals surface area contributed by atoms with Crippen molar-refractivity contribution in [2.24, 2.45) is 0 Å². The Morgan fingerprint density at radius 1 is 1.20 bits per heavy atom. The first kappa shape index (κ1) is 16.2. The minimum atomic E-state index is -1.74. The van der Waals surface area contributed by atoms with E-state index in [0.29, 0.717) is 4.90 Å². The van der Waals surface area contributed by atoms with Crippen LogP contribution in [0.1, 0.15) is 0 Å². The van der Waals surface area contributed by atoms with Gasteiger partial charge in [0.2, 0.25) is 0 Å². The highest BCUT2D eigenvalue weighted by molar-refractivity contribution is 8.76. The van der Waals surface area contributed by atoms with Crippen molar-refractivity contribution in [1.82, 2.24) is 5.32 Å². The summed E-state index contributed by atoms with van der Waals surface area (Å²) in [4.78, 5) is 32.7. The summed E-state index contributed by atoms with van der Waals surface area (Å²) in [5, 5.41) is 28.7. The first-order chi connectivity index (χ1) is 9.41. The average molecular weight is 317 g/mol. The maximum absolute atomic E-state index is 10.9. The molecule has 20 heavy (non-hydrogen) atoms. The minimum Gasteiger partial charge on any atom is -0.507 e. The Hall–Kier alpha value is -1.87. The molecule has 0 aromatic heterocycles. The van der Waals surface area contributed by atoms with Crippen LogP contribution in [0.5, 0.6) is 5.75 Å². The molecule has 0 aliphatic heterocycles. The van der Waals surface area contributed by atoms with Crippen molar-refractivity contribution in [1.29, 1.82) is 0 Å². The molecule has 0 unspecified atom stereocenters. The standard InChI is InChI=1S/C11H11NO6S2/c13-7-3-1-2-4-8(7)20-19-5-6(10(15)16)12-9(14)11(17)18/h1-4,6,13H,5H2,(H,12,14)(H,15,16)(H,17,18)/t6-/m0/s1. The Morgan fingerprint density at radius 2 is 1.85 bits per heavy atom. The third kappa shape index (κ3) is 5.02. The Bertz CT molecular complexity index is 521. The summed E-state index contributed by atoms with van der Waals surface area (Å²) < 4.78 is 0. The fourth-order valence-electron chi connectivity index (χ4n) is 1.09. The van der Waals surface area contributed by atoms with Crippen molar-refractivity contribution in [2.45, 2.75) is 10.9 Å². The van der Waals surface area contributed by atoms with Crippen molar-refractivity contribution < 1.29 is 29.7 Å². The predicted molar refractivity (Wildman–Crippen MR) is 73.6 cm³/mol. The zero-order chi connectivity index (χ0) is 15.1. The van der Waals surface area contributed by atoms with E-state index in [1.165, 1.54) is 6.07 Å². The van der Waals surface area contributed by atoms with Crippen LogP contribution in [0.3, 0.4) is 0 Å². The second-order valence-corrected chi connectivity index (χ2v) is 5.89. The van der Waals surface area contributed by atoms with Gasteiger partial charge in [-0.25, -0.2) is 9.59 Å². The molecule has 0 aliphatic carbocycles. The highest BCUT2D eigenvalue weighted by Crippen LogP contribution is 2.36. The molecule has 1 aromatic rings. The lowest BCUT2D eigenvalue weighted by Gasteiger charge is -2.12. The molecule has 108 valence electrons. The molecule has 0 saturated heterocycles. The number of aliphatic carboxylic acids is 2. The maximum atomic E-state index is 10.9. The zero-order valence-electron chi connectivity index (χ0n) is 9.98. The molecule has 1 aromatic carbocycles. The van der Waals surface area contributed by atoms with E-state index >= 15 is 0 Å². The molecule has 0 aliphatic rings. The van der Waals surface area contributed by atoms with Gasteiger partial charge in [0, 0.05) is 5.75 Å². The van der Waals surface area contributed by atoms with Crippen molar-refractivity contribution in [2.75, 3.05) is 5.75 Å². The lowest BCUT2D eigenvalue weighted by Crippen LogP contribution is -2.45. The smallest absolute Gasteiger partial charge is 0.394 e. The number of rotatable bonds is 6. The second-order valence-electron chi connectivity index (χ2n) is 3.51. The number of benzene rings is 1. The molecule has 1 atom stereocenters. The first-order valence-electron chi connectivity index (χ1n) is 5.26. The Labute approximate surface area is 121 Å². The molecule has 1 amide bonds. The Kier molecular flexibility index (Phi) is 6.19. The van der Waals surface area contributed by atoms with E-state index in [2.05, 4.69) is 0 Å². The number of carboxylic acids is 2. The SMILES string of the molecule is O=C(O)C(=O)N[C@@H](CSSc1ccccc1O)C(=O)O. The normalized spacial score (nSPS) is 11.6. The average Bonchev–Trinajstić information content (AvgIpc) is 2.39. The fourth-order valence-corrected chi connectivity index (χ4v) is 3.35. The molecular weight excluding hydrogens is 306 g/mol. The Balaban J connectivity index is 2.52. The molecule has 0 heterocycles. The molecule has 0 saturated carbocycles. The van der Waals surface area contributed by atoms with Gasteiger partial charge in [0.15, 0.2) is 0 Å². The topological polar surface area (TPSA) is 124 Å². The van der Waals surface area contributed by atoms with E-state index in [1.807, 2.05) is 5.32 Å². The number of phenolic OH excluding ortho intramolecular Hbond substituents is 1. The van der Waals surface area contributed by atoms with Crippen molar-refractivity contribution in [3.63, 3.8) is 0 Å². The summed E-state index contributed by atoms with van der Waals surface area (Å²) in [5.74, 6) is -4.43. The number of aromatic hydroxyl groups is 1. The van der Waals surface area contributed by atoms with Crippen molar-refractivity contribution in [3.8, 4) is 5.75 Å². The third-order valence-corrected chi connectivity index (χ3v) is 4.46. The lowest BCUT2D eigenvalue weighted by atomic mass is 10.3. The summed E-state index contributed by atoms with van der Waals surface area (Å²) in [5.41, 5.74) is 0. The van der Waals surface area contributed by atoms with Crippen LogP contribution in [-0.2, 0) is 14.4 Å². The van der Waals surface area contributed by atoms with Gasteiger partial charge in [-0.15, -0.1) is 0 Å². The summed E-state index contributed by atoms with van der Waals surface area (Å²) in [6.45, 7) is 0. The van der Waals surface area contributed by atoms with Crippen LogP contribution in [0.2, 0.25) is 0 Å². The van der Waals surface area contributed by atoms with Crippen LogP contribution < -0.4 is 5.32 Å². The van der Waals surface area contributed by atoms with Gasteiger partial charge in [-0.3, -0.25) is 4.79 Å². The van der Waals surface area contributed by atoms with Gasteiger partial charge in [0.25, 0.3) is 0 Å². The molecule has 0 radical (unpaired) electrons.